The lowest BCUT2D eigenvalue weighted by Gasteiger charge is -2.47. The normalized spacial score (nSPS) is 17.7. The maximum atomic E-state index is 13.7. The Morgan fingerprint density at radius 1 is 0.905 bits per heavy atom. The minimum atomic E-state index is 0.0435. The van der Waals surface area contributed by atoms with E-state index in [0.29, 0.717) is 71.4 Å². The fourth-order valence-corrected chi connectivity index (χ4v) is 6.27. The van der Waals surface area contributed by atoms with Gasteiger partial charge in [-0.25, -0.2) is 0 Å². The van der Waals surface area contributed by atoms with Crippen molar-refractivity contribution in [2.45, 2.75) is 70.9 Å². The molecule has 2 aromatic carbocycles. The van der Waals surface area contributed by atoms with Gasteiger partial charge in [0.2, 0.25) is 5.91 Å². The number of aryl methyl sites for hydroxylation is 1. The van der Waals surface area contributed by atoms with Gasteiger partial charge in [-0.15, -0.1) is 0 Å². The number of benzene rings is 2. The molecule has 0 saturated carbocycles. The third-order valence-electron chi connectivity index (χ3n) is 7.71. The van der Waals surface area contributed by atoms with Crippen LogP contribution in [0.1, 0.15) is 57.1 Å². The predicted octanol–water partition coefficient (Wildman–Crippen LogP) is 6.69. The first-order valence-electron chi connectivity index (χ1n) is 14.9. The van der Waals surface area contributed by atoms with Crippen molar-refractivity contribution in [1.82, 2.24) is 15.1 Å². The molecule has 2 aromatic rings. The van der Waals surface area contributed by atoms with Gasteiger partial charge < -0.3 is 16.0 Å². The van der Waals surface area contributed by atoms with Crippen LogP contribution in [0.5, 0.6) is 0 Å². The van der Waals surface area contributed by atoms with E-state index in [4.69, 9.17) is 52.1 Å². The summed E-state index contributed by atoms with van der Waals surface area (Å²) >= 11 is 24.5. The average molecular weight is 659 g/mol. The van der Waals surface area contributed by atoms with E-state index < -0.39 is 0 Å². The summed E-state index contributed by atoms with van der Waals surface area (Å²) in [4.78, 5) is 31.4. The maximum Gasteiger partial charge on any atom is 0.223 e. The molecule has 1 amide bonds. The Balaban J connectivity index is 1.72. The van der Waals surface area contributed by atoms with Crippen molar-refractivity contribution in [2.75, 3.05) is 39.3 Å². The van der Waals surface area contributed by atoms with Gasteiger partial charge in [-0.05, 0) is 73.5 Å². The minimum absolute atomic E-state index is 0.0435. The molecule has 232 valence electrons. The second-order valence-electron chi connectivity index (χ2n) is 11.7. The molecular weight excluding hydrogens is 614 g/mol. The third-order valence-corrected chi connectivity index (χ3v) is 9.19. The molecule has 1 aliphatic rings. The van der Waals surface area contributed by atoms with Crippen molar-refractivity contribution in [3.8, 4) is 0 Å². The van der Waals surface area contributed by atoms with Crippen molar-refractivity contribution >= 4 is 58.1 Å². The number of nitrogens with zero attached hydrogens (tertiary/aromatic N) is 2. The number of nitrogens with one attached hydrogen (secondary N) is 1. The topological polar surface area (TPSA) is 78.7 Å². The lowest BCUT2D eigenvalue weighted by atomic mass is 9.94. The van der Waals surface area contributed by atoms with E-state index in [2.05, 4.69) is 29.0 Å². The molecule has 1 aliphatic heterocycles. The Morgan fingerprint density at radius 2 is 1.57 bits per heavy atom. The van der Waals surface area contributed by atoms with Gasteiger partial charge in [0.05, 0.1) is 26.6 Å². The number of halogens is 4. The Morgan fingerprint density at radius 3 is 2.21 bits per heavy atom. The molecule has 0 bridgehead atoms. The first-order chi connectivity index (χ1) is 20.1. The van der Waals surface area contributed by atoms with Gasteiger partial charge in [0.1, 0.15) is 0 Å². The Kier molecular flexibility index (Phi) is 14.9. The van der Waals surface area contributed by atoms with E-state index in [9.17, 15) is 9.59 Å². The Hall–Kier alpha value is -1.38. The molecule has 2 unspecified atom stereocenters. The van der Waals surface area contributed by atoms with Crippen LogP contribution in [0.2, 0.25) is 20.1 Å². The fraction of sp³-hybridized carbons (Fsp3) is 0.562. The molecule has 0 aliphatic carbocycles. The smallest absolute Gasteiger partial charge is 0.223 e. The van der Waals surface area contributed by atoms with Gasteiger partial charge in [0.25, 0.3) is 0 Å². The lowest BCUT2D eigenvalue weighted by molar-refractivity contribution is -0.139. The molecule has 0 radical (unpaired) electrons. The van der Waals surface area contributed by atoms with E-state index >= 15 is 0 Å². The van der Waals surface area contributed by atoms with Crippen molar-refractivity contribution < 1.29 is 9.59 Å². The number of rotatable bonds is 16. The number of amides is 1. The number of unbranched alkanes of at least 4 members (excludes halogenated alkanes) is 1. The van der Waals surface area contributed by atoms with Crippen LogP contribution in [0, 0.1) is 5.92 Å². The molecule has 1 saturated heterocycles. The second-order valence-corrected chi connectivity index (χ2v) is 13.3. The molecule has 1 fully saturated rings. The highest BCUT2D eigenvalue weighted by Crippen LogP contribution is 2.27. The number of hydrogen-bond donors (Lipinski definition) is 2. The highest BCUT2D eigenvalue weighted by Gasteiger charge is 2.36. The predicted molar refractivity (Wildman–Crippen MR) is 176 cm³/mol. The zero-order chi connectivity index (χ0) is 30.6. The van der Waals surface area contributed by atoms with E-state index in [-0.39, 0.29) is 23.8 Å². The van der Waals surface area contributed by atoms with Gasteiger partial charge in [-0.1, -0.05) is 78.8 Å². The van der Waals surface area contributed by atoms with E-state index in [1.165, 1.54) is 0 Å². The zero-order valence-electron chi connectivity index (χ0n) is 24.7. The van der Waals surface area contributed by atoms with Crippen molar-refractivity contribution in [3.05, 3.63) is 67.6 Å². The molecule has 1 heterocycles. The Labute approximate surface area is 271 Å². The zero-order valence-corrected chi connectivity index (χ0v) is 27.7. The SMILES string of the molecule is CC(C)CC1CN(C(=O)CCc2ccc(Cl)c(Cl)c2)C(CCCCNCCN)CN1CC(=O)Cc1ccc(Cl)c(Cl)c1. The van der Waals surface area contributed by atoms with Gasteiger partial charge in [-0.3, -0.25) is 14.5 Å². The molecule has 10 heteroatoms. The second kappa shape index (κ2) is 17.8. The quantitative estimate of drug-likeness (QED) is 0.197. The number of Topliss-reactive ketones (excluding diaryl/α,β-unsaturated/α-hetero) is 1. The Bertz CT molecular complexity index is 1180. The van der Waals surface area contributed by atoms with Crippen LogP contribution in [-0.2, 0) is 22.4 Å². The van der Waals surface area contributed by atoms with Crippen LogP contribution < -0.4 is 11.1 Å². The van der Waals surface area contributed by atoms with E-state index in [1.54, 1.807) is 18.2 Å². The van der Waals surface area contributed by atoms with Gasteiger partial charge in [-0.2, -0.15) is 0 Å². The molecule has 0 spiro atoms. The highest BCUT2D eigenvalue weighted by molar-refractivity contribution is 6.42. The van der Waals surface area contributed by atoms with Crippen molar-refractivity contribution in [3.63, 3.8) is 0 Å². The standard InChI is InChI=1S/C32H44Cl4N4O2/c1-22(2)15-26-20-40(32(42)11-8-23-6-9-28(33)30(35)17-23)25(5-3-4-13-38-14-12-37)19-39(26)21-27(41)16-24-7-10-29(34)31(36)18-24/h6-7,9-10,17-18,22,25-26,38H,3-5,8,11-16,19-21,37H2,1-2H3. The van der Waals surface area contributed by atoms with Gasteiger partial charge in [0, 0.05) is 51.1 Å². The average Bonchev–Trinajstić information content (AvgIpc) is 2.94. The van der Waals surface area contributed by atoms with Crippen LogP contribution in [0.15, 0.2) is 36.4 Å². The number of ketones is 1. The summed E-state index contributed by atoms with van der Waals surface area (Å²) in [5.74, 6) is 0.704. The van der Waals surface area contributed by atoms with Gasteiger partial charge >= 0.3 is 0 Å². The maximum absolute atomic E-state index is 13.7. The third kappa shape index (κ3) is 11.3. The van der Waals surface area contributed by atoms with Crippen LogP contribution >= 0.6 is 46.4 Å². The summed E-state index contributed by atoms with van der Waals surface area (Å²) in [7, 11) is 0. The van der Waals surface area contributed by atoms with E-state index in [0.717, 1.165) is 49.9 Å². The monoisotopic (exact) mass is 656 g/mol. The van der Waals surface area contributed by atoms with Crippen LogP contribution in [-0.4, -0.2) is 72.8 Å². The van der Waals surface area contributed by atoms with Crippen LogP contribution in [0.25, 0.3) is 0 Å². The van der Waals surface area contributed by atoms with Crippen molar-refractivity contribution in [2.24, 2.45) is 11.7 Å². The molecule has 0 aromatic heterocycles. The summed E-state index contributed by atoms with van der Waals surface area (Å²) < 4.78 is 0. The summed E-state index contributed by atoms with van der Waals surface area (Å²) in [6.07, 6.45) is 5.08. The number of carbonyl (C=O) groups excluding carboxylic acids is 2. The molecule has 6 nitrogen and oxygen atoms in total. The number of nitrogens with two attached hydrogens (primary N) is 1. The van der Waals surface area contributed by atoms with Crippen LogP contribution in [0.4, 0.5) is 0 Å². The van der Waals surface area contributed by atoms with Crippen molar-refractivity contribution in [1.29, 1.82) is 0 Å². The number of hydrogen-bond acceptors (Lipinski definition) is 5. The van der Waals surface area contributed by atoms with E-state index in [1.807, 2.05) is 18.2 Å². The highest BCUT2D eigenvalue weighted by atomic mass is 35.5. The summed E-state index contributed by atoms with van der Waals surface area (Å²) in [6, 6.07) is 11.0. The van der Waals surface area contributed by atoms with Crippen LogP contribution in [0.3, 0.4) is 0 Å². The lowest BCUT2D eigenvalue weighted by Crippen LogP contribution is -2.61. The largest absolute Gasteiger partial charge is 0.337 e. The molecule has 2 atom stereocenters. The molecule has 3 N–H and O–H groups in total. The first-order valence-corrected chi connectivity index (χ1v) is 16.4. The summed E-state index contributed by atoms with van der Waals surface area (Å²) in [5, 5.41) is 5.29. The number of carbonyl (C=O) groups is 2. The minimum Gasteiger partial charge on any atom is -0.337 e. The summed E-state index contributed by atoms with van der Waals surface area (Å²) in [5.41, 5.74) is 7.44. The van der Waals surface area contributed by atoms with Gasteiger partial charge in [0.15, 0.2) is 5.78 Å². The number of piperazine rings is 1. The molecule has 3 rings (SSSR count). The fourth-order valence-electron chi connectivity index (χ4n) is 5.63. The summed E-state index contributed by atoms with van der Waals surface area (Å²) in [6.45, 7) is 8.34. The first kappa shape index (κ1) is 35.1. The molecule has 42 heavy (non-hydrogen) atoms. The molecular formula is C32H44Cl4N4O2.